The lowest BCUT2D eigenvalue weighted by Gasteiger charge is -2.28. The Balaban J connectivity index is 2.31. The largest absolute Gasteiger partial charge is 0.382 e. The van der Waals surface area contributed by atoms with Crippen molar-refractivity contribution in [1.29, 1.82) is 0 Å². The minimum atomic E-state index is 0.0191. The molecule has 1 fully saturated rings. The van der Waals surface area contributed by atoms with Gasteiger partial charge in [0.2, 0.25) is 0 Å². The molecule has 0 spiro atoms. The number of hydrogen-bond acceptors (Lipinski definition) is 3. The maximum atomic E-state index is 12.5. The molecule has 2 atom stereocenters. The molecule has 1 aliphatic rings. The van der Waals surface area contributed by atoms with Crippen LogP contribution in [0.4, 0.5) is 5.82 Å². The van der Waals surface area contributed by atoms with Crippen LogP contribution in [0, 0.1) is 6.92 Å². The molecular formula is C12H20N4O. The summed E-state index contributed by atoms with van der Waals surface area (Å²) < 4.78 is 0. The third-order valence-corrected chi connectivity index (χ3v) is 3.68. The van der Waals surface area contributed by atoms with Crippen LogP contribution >= 0.6 is 0 Å². The maximum Gasteiger partial charge on any atom is 0.259 e. The maximum absolute atomic E-state index is 12.5. The summed E-state index contributed by atoms with van der Waals surface area (Å²) in [5, 5.41) is 6.66. The highest BCUT2D eigenvalue weighted by molar-refractivity contribution is 6.00. The number of hydrogen-bond donors (Lipinski definition) is 2. The second-order valence-corrected chi connectivity index (χ2v) is 4.81. The molecule has 1 amide bonds. The van der Waals surface area contributed by atoms with Crippen LogP contribution in [0.1, 0.15) is 49.2 Å². The minimum Gasteiger partial charge on any atom is -0.382 e. The van der Waals surface area contributed by atoms with E-state index in [2.05, 4.69) is 24.0 Å². The molecule has 0 aliphatic carbocycles. The summed E-state index contributed by atoms with van der Waals surface area (Å²) in [6.07, 6.45) is 3.15. The Hall–Kier alpha value is -1.52. The predicted octanol–water partition coefficient (Wildman–Crippen LogP) is 1.70. The number of rotatable bonds is 2. The van der Waals surface area contributed by atoms with Crippen molar-refractivity contribution in [2.45, 2.75) is 52.1 Å². The molecule has 0 bridgehead atoms. The highest BCUT2D eigenvalue weighted by Gasteiger charge is 2.35. The van der Waals surface area contributed by atoms with Crippen molar-refractivity contribution in [3.63, 3.8) is 0 Å². The lowest BCUT2D eigenvalue weighted by molar-refractivity contribution is 0.0677. The molecule has 5 nitrogen and oxygen atoms in total. The molecule has 17 heavy (non-hydrogen) atoms. The van der Waals surface area contributed by atoms with E-state index in [0.717, 1.165) is 25.0 Å². The first kappa shape index (κ1) is 12.0. The summed E-state index contributed by atoms with van der Waals surface area (Å²) in [6, 6.07) is 0.632. The molecule has 2 rings (SSSR count). The van der Waals surface area contributed by atoms with Crippen molar-refractivity contribution in [1.82, 2.24) is 15.1 Å². The van der Waals surface area contributed by atoms with Crippen LogP contribution in [0.5, 0.6) is 0 Å². The highest BCUT2D eigenvalue weighted by Crippen LogP contribution is 2.29. The van der Waals surface area contributed by atoms with Gasteiger partial charge in [-0.05, 0) is 33.1 Å². The van der Waals surface area contributed by atoms with E-state index in [1.807, 2.05) is 11.8 Å². The van der Waals surface area contributed by atoms with Gasteiger partial charge in [-0.2, -0.15) is 5.10 Å². The smallest absolute Gasteiger partial charge is 0.259 e. The number of nitrogens with two attached hydrogens (primary N) is 1. The molecule has 1 aromatic rings. The van der Waals surface area contributed by atoms with Gasteiger partial charge in [0, 0.05) is 17.8 Å². The van der Waals surface area contributed by atoms with Crippen LogP contribution in [-0.4, -0.2) is 33.1 Å². The number of anilines is 1. The summed E-state index contributed by atoms with van der Waals surface area (Å²) in [7, 11) is 0. The summed E-state index contributed by atoms with van der Waals surface area (Å²) >= 11 is 0. The topological polar surface area (TPSA) is 75.0 Å². The number of H-pyrrole nitrogens is 1. The Kier molecular flexibility index (Phi) is 3.09. The van der Waals surface area contributed by atoms with Crippen LogP contribution < -0.4 is 5.73 Å². The molecular weight excluding hydrogens is 216 g/mol. The molecule has 0 radical (unpaired) electrons. The average molecular weight is 236 g/mol. The van der Waals surface area contributed by atoms with Crippen molar-refractivity contribution in [2.75, 3.05) is 5.73 Å². The molecule has 0 aromatic carbocycles. The number of aryl methyl sites for hydroxylation is 1. The number of aromatic amines is 1. The molecule has 0 saturated carbocycles. The predicted molar refractivity (Wildman–Crippen MR) is 66.7 cm³/mol. The van der Waals surface area contributed by atoms with Gasteiger partial charge in [0.15, 0.2) is 5.82 Å². The SMILES string of the molecule is CCC1CCC(C)N1C(=O)c1c(N)n[nH]c1C. The monoisotopic (exact) mass is 236 g/mol. The highest BCUT2D eigenvalue weighted by atomic mass is 16.2. The number of carbonyl (C=O) groups is 1. The number of nitrogens with zero attached hydrogens (tertiary/aromatic N) is 2. The minimum absolute atomic E-state index is 0.0191. The molecule has 2 unspecified atom stereocenters. The van der Waals surface area contributed by atoms with Crippen LogP contribution in [0.3, 0.4) is 0 Å². The second kappa shape index (κ2) is 4.39. The molecule has 94 valence electrons. The van der Waals surface area contributed by atoms with Crippen molar-refractivity contribution >= 4 is 11.7 Å². The van der Waals surface area contributed by atoms with E-state index in [1.165, 1.54) is 0 Å². The zero-order valence-corrected chi connectivity index (χ0v) is 10.7. The Morgan fingerprint density at radius 1 is 1.59 bits per heavy atom. The Bertz CT molecular complexity index is 407. The zero-order valence-electron chi connectivity index (χ0n) is 10.7. The van der Waals surface area contributed by atoms with Gasteiger partial charge in [0.05, 0.1) is 0 Å². The summed E-state index contributed by atoms with van der Waals surface area (Å²) in [5.74, 6) is 0.326. The fourth-order valence-electron chi connectivity index (χ4n) is 2.69. The van der Waals surface area contributed by atoms with E-state index < -0.39 is 0 Å². The fraction of sp³-hybridized carbons (Fsp3) is 0.667. The number of likely N-dealkylation sites (tertiary alicyclic amines) is 1. The molecule has 3 N–H and O–H groups in total. The summed E-state index contributed by atoms with van der Waals surface area (Å²) in [5.41, 5.74) is 7.04. The van der Waals surface area contributed by atoms with Crippen LogP contribution in [0.25, 0.3) is 0 Å². The third kappa shape index (κ3) is 1.90. The van der Waals surface area contributed by atoms with E-state index >= 15 is 0 Å². The summed E-state index contributed by atoms with van der Waals surface area (Å²) in [6.45, 7) is 6.05. The number of amides is 1. The lowest BCUT2D eigenvalue weighted by Crippen LogP contribution is -2.40. The standard InChI is InChI=1S/C12H20N4O/c1-4-9-6-5-7(2)16(9)12(17)10-8(3)14-15-11(10)13/h7,9H,4-6H2,1-3H3,(H3,13,14,15). The van der Waals surface area contributed by atoms with Crippen molar-refractivity contribution in [2.24, 2.45) is 0 Å². The Labute approximate surface area is 101 Å². The van der Waals surface area contributed by atoms with E-state index in [-0.39, 0.29) is 5.91 Å². The van der Waals surface area contributed by atoms with Gasteiger partial charge in [0.25, 0.3) is 5.91 Å². The first-order valence-electron chi connectivity index (χ1n) is 6.19. The summed E-state index contributed by atoms with van der Waals surface area (Å²) in [4.78, 5) is 14.5. The number of aromatic nitrogens is 2. The van der Waals surface area contributed by atoms with Crippen molar-refractivity contribution in [3.8, 4) is 0 Å². The average Bonchev–Trinajstić information content (AvgIpc) is 2.82. The molecule has 2 heterocycles. The fourth-order valence-corrected chi connectivity index (χ4v) is 2.69. The van der Waals surface area contributed by atoms with Crippen LogP contribution in [0.2, 0.25) is 0 Å². The van der Waals surface area contributed by atoms with Gasteiger partial charge in [-0.3, -0.25) is 9.89 Å². The van der Waals surface area contributed by atoms with E-state index in [0.29, 0.717) is 23.5 Å². The third-order valence-electron chi connectivity index (χ3n) is 3.68. The van der Waals surface area contributed by atoms with Gasteiger partial charge in [0.1, 0.15) is 5.56 Å². The van der Waals surface area contributed by atoms with Gasteiger partial charge in [-0.25, -0.2) is 0 Å². The first-order chi connectivity index (χ1) is 8.06. The Morgan fingerprint density at radius 2 is 2.29 bits per heavy atom. The molecule has 5 heteroatoms. The zero-order chi connectivity index (χ0) is 12.6. The molecule has 1 aliphatic heterocycles. The lowest BCUT2D eigenvalue weighted by atomic mass is 10.1. The van der Waals surface area contributed by atoms with E-state index in [4.69, 9.17) is 5.73 Å². The van der Waals surface area contributed by atoms with E-state index in [1.54, 1.807) is 0 Å². The normalized spacial score (nSPS) is 24.3. The Morgan fingerprint density at radius 3 is 2.82 bits per heavy atom. The van der Waals surface area contributed by atoms with Gasteiger partial charge < -0.3 is 10.6 Å². The quantitative estimate of drug-likeness (QED) is 0.820. The van der Waals surface area contributed by atoms with Crippen molar-refractivity contribution < 1.29 is 4.79 Å². The van der Waals surface area contributed by atoms with Gasteiger partial charge >= 0.3 is 0 Å². The van der Waals surface area contributed by atoms with Crippen LogP contribution in [0.15, 0.2) is 0 Å². The number of nitrogens with one attached hydrogen (secondary N) is 1. The first-order valence-corrected chi connectivity index (χ1v) is 6.19. The van der Waals surface area contributed by atoms with Crippen LogP contribution in [-0.2, 0) is 0 Å². The second-order valence-electron chi connectivity index (χ2n) is 4.81. The molecule has 1 saturated heterocycles. The van der Waals surface area contributed by atoms with Crippen molar-refractivity contribution in [3.05, 3.63) is 11.3 Å². The molecule has 1 aromatic heterocycles. The van der Waals surface area contributed by atoms with Gasteiger partial charge in [-0.1, -0.05) is 6.92 Å². The van der Waals surface area contributed by atoms with Gasteiger partial charge in [-0.15, -0.1) is 0 Å². The van der Waals surface area contributed by atoms with E-state index in [9.17, 15) is 4.79 Å². The number of carbonyl (C=O) groups excluding carboxylic acids is 1. The number of nitrogen functional groups attached to an aromatic ring is 1.